The van der Waals surface area contributed by atoms with Crippen molar-refractivity contribution in [3.63, 3.8) is 0 Å². The van der Waals surface area contributed by atoms with Crippen LogP contribution in [0.3, 0.4) is 0 Å². The van der Waals surface area contributed by atoms with Gasteiger partial charge in [-0.25, -0.2) is 0 Å². The SMILES string of the molecule is CCCCCCCC/C=C\CCCCCCCCC(N)CCCCCCCCCCCCCCCCC. The second kappa shape index (κ2) is 33.7. The highest BCUT2D eigenvalue weighted by molar-refractivity contribution is 4.81. The van der Waals surface area contributed by atoms with Crippen LogP contribution >= 0.6 is 0 Å². The lowest BCUT2D eigenvalue weighted by molar-refractivity contribution is 0.479. The van der Waals surface area contributed by atoms with Crippen molar-refractivity contribution in [1.82, 2.24) is 0 Å². The highest BCUT2D eigenvalue weighted by Crippen LogP contribution is 2.16. The van der Waals surface area contributed by atoms with Gasteiger partial charge < -0.3 is 5.73 Å². The minimum absolute atomic E-state index is 0.457. The smallest absolute Gasteiger partial charge is 0.00388 e. The van der Waals surface area contributed by atoms with Crippen LogP contribution in [0.5, 0.6) is 0 Å². The maximum atomic E-state index is 6.38. The standard InChI is InChI=1S/C36H73N/c1-3-5-7-9-11-13-15-17-19-21-23-25-27-29-31-33-35-36(37)34-32-30-28-26-24-22-20-18-16-14-12-10-8-6-4-2/h17,19,36H,3-16,18,20-35,37H2,1-2H3/b19-17-. The van der Waals surface area contributed by atoms with Crippen LogP contribution < -0.4 is 5.73 Å². The van der Waals surface area contributed by atoms with Crippen molar-refractivity contribution in [2.45, 2.75) is 219 Å². The van der Waals surface area contributed by atoms with E-state index in [2.05, 4.69) is 26.0 Å². The van der Waals surface area contributed by atoms with Crippen molar-refractivity contribution in [1.29, 1.82) is 0 Å². The van der Waals surface area contributed by atoms with E-state index >= 15 is 0 Å². The highest BCUT2D eigenvalue weighted by Gasteiger charge is 2.02. The molecule has 0 bridgehead atoms. The molecule has 1 heteroatoms. The number of unbranched alkanes of at least 4 members (excludes halogenated alkanes) is 26. The molecule has 1 atom stereocenters. The van der Waals surface area contributed by atoms with E-state index in [1.807, 2.05) is 0 Å². The zero-order chi connectivity index (χ0) is 26.9. The molecule has 1 nitrogen and oxygen atoms in total. The quantitative estimate of drug-likeness (QED) is 0.0693. The van der Waals surface area contributed by atoms with Crippen molar-refractivity contribution >= 4 is 0 Å². The van der Waals surface area contributed by atoms with Crippen LogP contribution in [0.25, 0.3) is 0 Å². The normalized spacial score (nSPS) is 12.6. The zero-order valence-electron chi connectivity index (χ0n) is 26.2. The third-order valence-corrected chi connectivity index (χ3v) is 8.27. The molecule has 0 aliphatic rings. The second-order valence-electron chi connectivity index (χ2n) is 12.2. The lowest BCUT2D eigenvalue weighted by atomic mass is 10.00. The Balaban J connectivity index is 3.18. The van der Waals surface area contributed by atoms with Gasteiger partial charge in [0.05, 0.1) is 0 Å². The molecule has 0 heterocycles. The predicted molar refractivity (Wildman–Crippen MR) is 172 cm³/mol. The lowest BCUT2D eigenvalue weighted by Gasteiger charge is -2.11. The van der Waals surface area contributed by atoms with E-state index in [9.17, 15) is 0 Å². The molecule has 0 aromatic rings. The van der Waals surface area contributed by atoms with Crippen molar-refractivity contribution < 1.29 is 0 Å². The van der Waals surface area contributed by atoms with E-state index < -0.39 is 0 Å². The lowest BCUT2D eigenvalue weighted by Crippen LogP contribution is -2.19. The first-order chi connectivity index (χ1) is 18.3. The number of hydrogen-bond donors (Lipinski definition) is 1. The molecule has 0 saturated heterocycles. The summed E-state index contributed by atoms with van der Waals surface area (Å²) in [6.07, 6.45) is 48.4. The van der Waals surface area contributed by atoms with Gasteiger partial charge in [-0.05, 0) is 38.5 Å². The van der Waals surface area contributed by atoms with Gasteiger partial charge in [-0.2, -0.15) is 0 Å². The van der Waals surface area contributed by atoms with E-state index in [1.54, 1.807) is 0 Å². The minimum atomic E-state index is 0.457. The average Bonchev–Trinajstić information content (AvgIpc) is 2.90. The molecular formula is C36H73N. The van der Waals surface area contributed by atoms with E-state index in [0.29, 0.717) is 6.04 Å². The predicted octanol–water partition coefficient (Wildman–Crippen LogP) is 13.0. The fourth-order valence-electron chi connectivity index (χ4n) is 5.58. The molecule has 0 saturated carbocycles. The molecule has 1 unspecified atom stereocenters. The van der Waals surface area contributed by atoms with Crippen LogP contribution in [-0.4, -0.2) is 6.04 Å². The Morgan fingerprint density at radius 1 is 0.351 bits per heavy atom. The monoisotopic (exact) mass is 520 g/mol. The number of nitrogens with two attached hydrogens (primary N) is 1. The van der Waals surface area contributed by atoms with Crippen LogP contribution in [0, 0.1) is 0 Å². The fraction of sp³-hybridized carbons (Fsp3) is 0.944. The third kappa shape index (κ3) is 33.7. The first kappa shape index (κ1) is 36.7. The summed E-state index contributed by atoms with van der Waals surface area (Å²) < 4.78 is 0. The zero-order valence-corrected chi connectivity index (χ0v) is 26.2. The van der Waals surface area contributed by atoms with Crippen molar-refractivity contribution in [3.8, 4) is 0 Å². The van der Waals surface area contributed by atoms with Crippen LogP contribution in [0.1, 0.15) is 213 Å². The van der Waals surface area contributed by atoms with Crippen molar-refractivity contribution in [3.05, 3.63) is 12.2 Å². The van der Waals surface area contributed by atoms with E-state index in [-0.39, 0.29) is 0 Å². The van der Waals surface area contributed by atoms with Gasteiger partial charge in [0.2, 0.25) is 0 Å². The summed E-state index contributed by atoms with van der Waals surface area (Å²) in [6.45, 7) is 4.59. The number of allylic oxidation sites excluding steroid dienone is 2. The maximum absolute atomic E-state index is 6.38. The molecule has 37 heavy (non-hydrogen) atoms. The molecule has 0 amide bonds. The van der Waals surface area contributed by atoms with Crippen LogP contribution in [0.4, 0.5) is 0 Å². The Morgan fingerprint density at radius 2 is 0.595 bits per heavy atom. The summed E-state index contributed by atoms with van der Waals surface area (Å²) in [5.41, 5.74) is 6.38. The van der Waals surface area contributed by atoms with Crippen molar-refractivity contribution in [2.24, 2.45) is 5.73 Å². The third-order valence-electron chi connectivity index (χ3n) is 8.27. The molecule has 0 fully saturated rings. The molecule has 2 N–H and O–H groups in total. The molecule has 0 rings (SSSR count). The topological polar surface area (TPSA) is 26.0 Å². The summed E-state index contributed by atoms with van der Waals surface area (Å²) >= 11 is 0. The number of rotatable bonds is 32. The molecule has 0 aliphatic heterocycles. The molecule has 0 spiro atoms. The van der Waals surface area contributed by atoms with Gasteiger partial charge in [-0.3, -0.25) is 0 Å². The molecule has 0 aliphatic carbocycles. The summed E-state index contributed by atoms with van der Waals surface area (Å²) in [5, 5.41) is 0. The van der Waals surface area contributed by atoms with Gasteiger partial charge in [0.1, 0.15) is 0 Å². The van der Waals surface area contributed by atoms with Crippen molar-refractivity contribution in [2.75, 3.05) is 0 Å². The Labute approximate surface area is 236 Å². The summed E-state index contributed by atoms with van der Waals surface area (Å²) in [4.78, 5) is 0. The second-order valence-corrected chi connectivity index (χ2v) is 12.2. The van der Waals surface area contributed by atoms with Crippen LogP contribution in [-0.2, 0) is 0 Å². The van der Waals surface area contributed by atoms with Crippen LogP contribution in [0.2, 0.25) is 0 Å². The van der Waals surface area contributed by atoms with Gasteiger partial charge in [0, 0.05) is 6.04 Å². The number of hydrogen-bond acceptors (Lipinski definition) is 1. The molecule has 0 radical (unpaired) electrons. The van der Waals surface area contributed by atoms with E-state index in [1.165, 1.54) is 199 Å². The van der Waals surface area contributed by atoms with E-state index in [4.69, 9.17) is 5.73 Å². The molecule has 222 valence electrons. The first-order valence-corrected chi connectivity index (χ1v) is 17.7. The van der Waals surface area contributed by atoms with Crippen LogP contribution in [0.15, 0.2) is 12.2 Å². The Bertz CT molecular complexity index is 415. The minimum Gasteiger partial charge on any atom is -0.328 e. The van der Waals surface area contributed by atoms with Gasteiger partial charge >= 0.3 is 0 Å². The fourth-order valence-corrected chi connectivity index (χ4v) is 5.58. The van der Waals surface area contributed by atoms with Gasteiger partial charge in [0.25, 0.3) is 0 Å². The highest BCUT2D eigenvalue weighted by atomic mass is 14.6. The largest absolute Gasteiger partial charge is 0.328 e. The Kier molecular flexibility index (Phi) is 33.5. The Hall–Kier alpha value is -0.300. The molecular weight excluding hydrogens is 446 g/mol. The average molecular weight is 520 g/mol. The molecule has 0 aromatic carbocycles. The summed E-state index contributed by atoms with van der Waals surface area (Å²) in [7, 11) is 0. The van der Waals surface area contributed by atoms with Gasteiger partial charge in [-0.15, -0.1) is 0 Å². The summed E-state index contributed by atoms with van der Waals surface area (Å²) in [6, 6.07) is 0.457. The summed E-state index contributed by atoms with van der Waals surface area (Å²) in [5.74, 6) is 0. The van der Waals surface area contributed by atoms with Gasteiger partial charge in [-0.1, -0.05) is 187 Å². The maximum Gasteiger partial charge on any atom is 0.00388 e. The molecule has 0 aromatic heterocycles. The Morgan fingerprint density at radius 3 is 0.892 bits per heavy atom. The first-order valence-electron chi connectivity index (χ1n) is 17.7. The van der Waals surface area contributed by atoms with E-state index in [0.717, 1.165) is 0 Å². The van der Waals surface area contributed by atoms with Gasteiger partial charge in [0.15, 0.2) is 0 Å².